The van der Waals surface area contributed by atoms with Crippen molar-refractivity contribution in [3.63, 3.8) is 0 Å². The number of aromatic hydroxyl groups is 1. The quantitative estimate of drug-likeness (QED) is 0.337. The van der Waals surface area contributed by atoms with Gasteiger partial charge in [-0.05, 0) is 38.3 Å². The van der Waals surface area contributed by atoms with E-state index in [0.717, 1.165) is 25.7 Å². The van der Waals surface area contributed by atoms with Gasteiger partial charge in [0.1, 0.15) is 23.6 Å². The highest BCUT2D eigenvalue weighted by Crippen LogP contribution is 2.37. The first-order chi connectivity index (χ1) is 18.3. The lowest BCUT2D eigenvalue weighted by Gasteiger charge is -2.27. The molecule has 1 saturated heterocycles. The van der Waals surface area contributed by atoms with Crippen LogP contribution in [0.5, 0.6) is 17.4 Å². The minimum Gasteiger partial charge on any atom is -0.494 e. The fraction of sp³-hybridized carbons (Fsp3) is 0.500. The number of benzene rings is 1. The van der Waals surface area contributed by atoms with Gasteiger partial charge in [-0.15, -0.1) is 0 Å². The topological polar surface area (TPSA) is 99.8 Å². The zero-order chi connectivity index (χ0) is 26.7. The molecule has 3 aromatic rings. The number of ether oxygens (including phenoxy) is 3. The Bertz CT molecular complexity index is 1250. The second-order valence-corrected chi connectivity index (χ2v) is 11.0. The van der Waals surface area contributed by atoms with Gasteiger partial charge in [0.2, 0.25) is 5.91 Å². The maximum atomic E-state index is 13.6. The summed E-state index contributed by atoms with van der Waals surface area (Å²) in [7, 11) is 0. The molecule has 1 saturated carbocycles. The van der Waals surface area contributed by atoms with E-state index in [-0.39, 0.29) is 17.9 Å². The van der Waals surface area contributed by atoms with E-state index >= 15 is 0 Å². The van der Waals surface area contributed by atoms with Gasteiger partial charge in [0.15, 0.2) is 17.5 Å². The van der Waals surface area contributed by atoms with Crippen LogP contribution in [0, 0.1) is 5.92 Å². The molecule has 2 N–H and O–H groups in total. The predicted octanol–water partition coefficient (Wildman–Crippen LogP) is 6.14. The predicted molar refractivity (Wildman–Crippen MR) is 144 cm³/mol. The summed E-state index contributed by atoms with van der Waals surface area (Å²) in [4.78, 5) is 13.6. The van der Waals surface area contributed by atoms with E-state index in [1.54, 1.807) is 33.6 Å². The van der Waals surface area contributed by atoms with E-state index in [4.69, 9.17) is 25.8 Å². The summed E-state index contributed by atoms with van der Waals surface area (Å²) >= 11 is 6.24. The summed E-state index contributed by atoms with van der Waals surface area (Å²) in [5.74, 6) is 0.838. The van der Waals surface area contributed by atoms with Gasteiger partial charge in [0.25, 0.3) is 0 Å². The number of halogens is 1. The molecule has 204 valence electrons. The summed E-state index contributed by atoms with van der Waals surface area (Å²) in [6.45, 7) is 4.78. The molecule has 0 radical (unpaired) electrons. The smallest absolute Gasteiger partial charge is 0.248 e. The molecule has 5 rings (SSSR count). The van der Waals surface area contributed by atoms with Crippen molar-refractivity contribution in [2.75, 3.05) is 11.9 Å². The van der Waals surface area contributed by atoms with E-state index in [0.29, 0.717) is 47.8 Å². The number of hydrogen-bond acceptors (Lipinski definition) is 6. The minimum absolute atomic E-state index is 0.0467. The molecule has 3 heterocycles. The van der Waals surface area contributed by atoms with Gasteiger partial charge >= 0.3 is 0 Å². The van der Waals surface area contributed by atoms with E-state index in [9.17, 15) is 9.90 Å². The van der Waals surface area contributed by atoms with Gasteiger partial charge in [-0.25, -0.2) is 0 Å². The van der Waals surface area contributed by atoms with Crippen molar-refractivity contribution >= 4 is 23.3 Å². The lowest BCUT2D eigenvalue weighted by atomic mass is 9.84. The summed E-state index contributed by atoms with van der Waals surface area (Å²) in [6, 6.07) is 9.77. The van der Waals surface area contributed by atoms with Crippen LogP contribution in [0.2, 0.25) is 5.02 Å². The molecule has 1 amide bonds. The molecule has 0 unspecified atom stereocenters. The molecule has 1 aromatic carbocycles. The third-order valence-electron chi connectivity index (χ3n) is 7.14. The first-order valence-electron chi connectivity index (χ1n) is 13.2. The first-order valence-corrected chi connectivity index (χ1v) is 13.6. The normalized spacial score (nSPS) is 20.3. The molecule has 0 spiro atoms. The number of carbonyl (C=O) groups excluding carboxylic acids is 1. The Balaban J connectivity index is 1.31. The largest absolute Gasteiger partial charge is 0.494 e. The molecule has 0 bridgehead atoms. The average Bonchev–Trinajstić information content (AvgIpc) is 3.58. The lowest BCUT2D eigenvalue weighted by molar-refractivity contribution is -0.139. The highest BCUT2D eigenvalue weighted by Gasteiger charge is 2.33. The molecule has 1 aliphatic carbocycles. The fourth-order valence-electron chi connectivity index (χ4n) is 5.29. The van der Waals surface area contributed by atoms with Gasteiger partial charge in [-0.3, -0.25) is 9.48 Å². The Morgan fingerprint density at radius 2 is 2.05 bits per heavy atom. The number of aromatic nitrogens is 3. The number of nitrogens with zero attached hydrogens (tertiary/aromatic N) is 3. The van der Waals surface area contributed by atoms with Crippen molar-refractivity contribution < 1.29 is 24.1 Å². The van der Waals surface area contributed by atoms with E-state index in [2.05, 4.69) is 10.4 Å². The highest BCUT2D eigenvalue weighted by atomic mass is 35.5. The zero-order valence-electron chi connectivity index (χ0n) is 21.8. The molecule has 2 fully saturated rings. The molecule has 2 aromatic heterocycles. The number of carbonyl (C=O) groups is 1. The van der Waals surface area contributed by atoms with Crippen LogP contribution in [0.25, 0.3) is 0 Å². The SMILES string of the molecule is CC1(C)OC[C@@H](Cn2ccc(NC(=O)[C@H](CC3CCCCC3)n3cc(Oc4ccccc4Cl)cc3O)n2)O1. The van der Waals surface area contributed by atoms with Gasteiger partial charge in [0.05, 0.1) is 24.4 Å². The second-order valence-electron chi connectivity index (χ2n) is 10.6. The van der Waals surface area contributed by atoms with Crippen LogP contribution in [0.15, 0.2) is 48.8 Å². The van der Waals surface area contributed by atoms with Crippen LogP contribution >= 0.6 is 11.6 Å². The summed E-state index contributed by atoms with van der Waals surface area (Å²) in [5, 5.41) is 18.8. The van der Waals surface area contributed by atoms with Crippen LogP contribution in [-0.2, 0) is 20.8 Å². The second kappa shape index (κ2) is 11.4. The van der Waals surface area contributed by atoms with Crippen LogP contribution in [0.4, 0.5) is 5.82 Å². The molecule has 2 atom stereocenters. The Hall–Kier alpha value is -3.01. The molecular weight excluding hydrogens is 508 g/mol. The number of rotatable bonds is 9. The number of nitrogens with one attached hydrogen (secondary N) is 1. The summed E-state index contributed by atoms with van der Waals surface area (Å²) < 4.78 is 20.7. The Morgan fingerprint density at radius 3 is 2.79 bits per heavy atom. The average molecular weight is 543 g/mol. The van der Waals surface area contributed by atoms with Crippen molar-refractivity contribution in [3.05, 3.63) is 53.8 Å². The summed E-state index contributed by atoms with van der Waals surface area (Å²) in [6.07, 6.45) is 9.66. The van der Waals surface area contributed by atoms with Crippen molar-refractivity contribution in [1.82, 2.24) is 14.3 Å². The lowest BCUT2D eigenvalue weighted by Crippen LogP contribution is -2.28. The van der Waals surface area contributed by atoms with Crippen molar-refractivity contribution in [2.45, 2.75) is 76.9 Å². The maximum Gasteiger partial charge on any atom is 0.248 e. The molecule has 38 heavy (non-hydrogen) atoms. The molecular formula is C28H35ClN4O5. The number of amides is 1. The van der Waals surface area contributed by atoms with Crippen molar-refractivity contribution in [2.24, 2.45) is 5.92 Å². The van der Waals surface area contributed by atoms with Crippen LogP contribution in [-0.4, -0.2) is 43.9 Å². The Kier molecular flexibility index (Phi) is 7.97. The van der Waals surface area contributed by atoms with Crippen LogP contribution in [0.1, 0.15) is 58.4 Å². The minimum atomic E-state index is -0.626. The molecule has 10 heteroatoms. The third-order valence-corrected chi connectivity index (χ3v) is 7.45. The van der Waals surface area contributed by atoms with Crippen LogP contribution < -0.4 is 10.1 Å². The van der Waals surface area contributed by atoms with Gasteiger partial charge in [-0.1, -0.05) is 55.8 Å². The number of anilines is 1. The van der Waals surface area contributed by atoms with E-state index in [1.165, 1.54) is 12.5 Å². The number of para-hydroxylation sites is 1. The van der Waals surface area contributed by atoms with E-state index < -0.39 is 11.8 Å². The fourth-order valence-corrected chi connectivity index (χ4v) is 5.46. The van der Waals surface area contributed by atoms with Gasteiger partial charge < -0.3 is 29.2 Å². The number of hydrogen-bond donors (Lipinski definition) is 2. The molecule has 9 nitrogen and oxygen atoms in total. The van der Waals surface area contributed by atoms with Crippen molar-refractivity contribution in [1.29, 1.82) is 0 Å². The van der Waals surface area contributed by atoms with Crippen molar-refractivity contribution in [3.8, 4) is 17.4 Å². The Morgan fingerprint density at radius 1 is 1.26 bits per heavy atom. The van der Waals surface area contributed by atoms with Gasteiger partial charge in [-0.2, -0.15) is 5.10 Å². The third kappa shape index (κ3) is 6.51. The maximum absolute atomic E-state index is 13.6. The standard InChI is InChI=1S/C28H35ClN4O5/c1-28(2)36-18-21(38-28)16-32-13-12-25(31-32)30-27(35)23(14-19-8-4-3-5-9-19)33-17-20(15-26(33)34)37-24-11-7-6-10-22(24)29/h6-7,10-13,15,17,19,21,23,34H,3-5,8-9,14,16,18H2,1-2H3,(H,30,31,35)/t21-,23+/m1/s1. The van der Waals surface area contributed by atoms with Crippen LogP contribution in [0.3, 0.4) is 0 Å². The van der Waals surface area contributed by atoms with E-state index in [1.807, 2.05) is 32.2 Å². The highest BCUT2D eigenvalue weighted by molar-refractivity contribution is 6.32. The Labute approximate surface area is 227 Å². The zero-order valence-corrected chi connectivity index (χ0v) is 22.6. The molecule has 1 aliphatic heterocycles. The molecule has 2 aliphatic rings. The van der Waals surface area contributed by atoms with Gasteiger partial charge in [0, 0.05) is 18.3 Å². The first kappa shape index (κ1) is 26.6. The summed E-state index contributed by atoms with van der Waals surface area (Å²) in [5.41, 5.74) is 0. The monoisotopic (exact) mass is 542 g/mol.